The minimum atomic E-state index is -3.00. The number of oxazole rings is 1. The highest BCUT2D eigenvalue weighted by Crippen LogP contribution is 2.37. The van der Waals surface area contributed by atoms with Crippen LogP contribution in [-0.4, -0.2) is 61.3 Å². The molecule has 2 fully saturated rings. The predicted molar refractivity (Wildman–Crippen MR) is 136 cm³/mol. The first kappa shape index (κ1) is 29.4. The largest absolute Gasteiger partial charge is 0.489 e. The third kappa shape index (κ3) is 7.25. The third-order valence-electron chi connectivity index (χ3n) is 6.39. The van der Waals surface area contributed by atoms with Gasteiger partial charge in [-0.25, -0.2) is 9.78 Å². The molecule has 210 valence electrons. The first-order valence-electron chi connectivity index (χ1n) is 12.4. The van der Waals surface area contributed by atoms with E-state index < -0.39 is 24.7 Å². The number of benzene rings is 1. The maximum absolute atomic E-state index is 13.1. The van der Waals surface area contributed by atoms with Gasteiger partial charge in [-0.15, -0.1) is 12.4 Å². The van der Waals surface area contributed by atoms with Crippen molar-refractivity contribution in [3.05, 3.63) is 29.7 Å². The molecule has 0 radical (unpaired) electrons. The first-order valence-corrected chi connectivity index (χ1v) is 12.4. The van der Waals surface area contributed by atoms with E-state index in [-0.39, 0.29) is 53.8 Å². The van der Waals surface area contributed by atoms with Crippen LogP contribution in [-0.2, 0) is 4.74 Å². The molecule has 1 aliphatic heterocycles. The van der Waals surface area contributed by atoms with Gasteiger partial charge in [-0.05, 0) is 63.1 Å². The number of nitrogens with zero attached hydrogens (tertiary/aromatic N) is 2. The van der Waals surface area contributed by atoms with Gasteiger partial charge < -0.3 is 34.6 Å². The molecule has 0 bridgehead atoms. The van der Waals surface area contributed by atoms with E-state index >= 15 is 0 Å². The SMILES string of the molecule is COC(=O)N1CCCC[C@@H]1CNC(=O)c1nc(-c2ccc(OC(F)F)c(OCC3CC3)c2)oc1[C@H](C)N.Cl. The molecular weight excluding hydrogens is 526 g/mol. The number of ether oxygens (including phenoxy) is 3. The molecule has 1 saturated carbocycles. The summed E-state index contributed by atoms with van der Waals surface area (Å²) < 4.78 is 46.7. The zero-order valence-corrected chi connectivity index (χ0v) is 22.1. The van der Waals surface area contributed by atoms with Gasteiger partial charge in [0.2, 0.25) is 5.89 Å². The fraction of sp³-hybridized carbons (Fsp3) is 0.560. The zero-order chi connectivity index (χ0) is 26.5. The maximum atomic E-state index is 13.1. The monoisotopic (exact) mass is 558 g/mol. The Balaban J connectivity index is 0.00000400. The first-order chi connectivity index (χ1) is 17.8. The molecule has 2 heterocycles. The fourth-order valence-corrected chi connectivity index (χ4v) is 4.23. The summed E-state index contributed by atoms with van der Waals surface area (Å²) in [5.74, 6) is 0.195. The Hall–Kier alpha value is -3.12. The van der Waals surface area contributed by atoms with Gasteiger partial charge in [0.25, 0.3) is 5.91 Å². The maximum Gasteiger partial charge on any atom is 0.409 e. The number of hydrogen-bond acceptors (Lipinski definition) is 8. The van der Waals surface area contributed by atoms with Crippen molar-refractivity contribution in [3.8, 4) is 23.0 Å². The van der Waals surface area contributed by atoms with Crippen LogP contribution in [0, 0.1) is 5.92 Å². The lowest BCUT2D eigenvalue weighted by Gasteiger charge is -2.34. The molecule has 2 aliphatic rings. The minimum Gasteiger partial charge on any atom is -0.489 e. The van der Waals surface area contributed by atoms with Crippen molar-refractivity contribution in [1.29, 1.82) is 0 Å². The van der Waals surface area contributed by atoms with Crippen molar-refractivity contribution in [2.45, 2.75) is 57.7 Å². The van der Waals surface area contributed by atoms with Gasteiger partial charge in [0.15, 0.2) is 23.0 Å². The number of amides is 2. The lowest BCUT2D eigenvalue weighted by Crippen LogP contribution is -2.49. The number of likely N-dealkylation sites (tertiary alicyclic amines) is 1. The van der Waals surface area contributed by atoms with Gasteiger partial charge in [0.1, 0.15) is 0 Å². The number of halogens is 3. The van der Waals surface area contributed by atoms with E-state index in [1.54, 1.807) is 11.8 Å². The Morgan fingerprint density at radius 2 is 2.00 bits per heavy atom. The van der Waals surface area contributed by atoms with Crippen LogP contribution in [0.5, 0.6) is 11.5 Å². The van der Waals surface area contributed by atoms with Gasteiger partial charge in [0, 0.05) is 18.7 Å². The lowest BCUT2D eigenvalue weighted by atomic mass is 10.0. The normalized spacial score (nSPS) is 17.9. The number of nitrogens with one attached hydrogen (secondary N) is 1. The summed E-state index contributed by atoms with van der Waals surface area (Å²) in [6.07, 6.45) is 4.16. The van der Waals surface area contributed by atoms with Crippen molar-refractivity contribution in [2.24, 2.45) is 11.7 Å². The standard InChI is InChI=1S/C25H32F2N4O6.ClH/c1-14(28)21-20(22(32)29-12-17-5-3-4-10-31(17)25(33)34-2)30-23(37-21)16-8-9-18(36-24(26)27)19(11-16)35-13-15-6-7-15;/h8-9,11,14-15,17,24H,3-7,10,12-13,28H2,1-2H3,(H,29,32);1H/t14-,17+;/m0./s1. The molecule has 2 amide bonds. The van der Waals surface area contributed by atoms with Crippen molar-refractivity contribution in [3.63, 3.8) is 0 Å². The van der Waals surface area contributed by atoms with Crippen LogP contribution in [0.4, 0.5) is 13.6 Å². The molecule has 13 heteroatoms. The molecule has 0 unspecified atom stereocenters. The van der Waals surface area contributed by atoms with E-state index in [1.807, 2.05) is 0 Å². The van der Waals surface area contributed by atoms with Crippen molar-refractivity contribution < 1.29 is 37.0 Å². The number of methoxy groups -OCH3 is 1. The van der Waals surface area contributed by atoms with Gasteiger partial charge in [0.05, 0.1) is 25.8 Å². The summed E-state index contributed by atoms with van der Waals surface area (Å²) in [4.78, 5) is 31.1. The number of alkyl halides is 2. The minimum absolute atomic E-state index is 0. The smallest absolute Gasteiger partial charge is 0.409 e. The second-order valence-corrected chi connectivity index (χ2v) is 9.34. The molecule has 1 aromatic carbocycles. The average molecular weight is 559 g/mol. The van der Waals surface area contributed by atoms with Gasteiger partial charge >= 0.3 is 12.7 Å². The van der Waals surface area contributed by atoms with Gasteiger partial charge in [-0.3, -0.25) is 4.79 Å². The highest BCUT2D eigenvalue weighted by Gasteiger charge is 2.30. The molecule has 2 atom stereocenters. The Kier molecular flexibility index (Phi) is 10.1. The van der Waals surface area contributed by atoms with Crippen LogP contribution in [0.15, 0.2) is 22.6 Å². The Morgan fingerprint density at radius 3 is 2.66 bits per heavy atom. The summed E-state index contributed by atoms with van der Waals surface area (Å²) in [5, 5.41) is 2.83. The molecule has 3 N–H and O–H groups in total. The summed E-state index contributed by atoms with van der Waals surface area (Å²) in [6, 6.07) is 3.49. The van der Waals surface area contributed by atoms with Crippen LogP contribution in [0.25, 0.3) is 11.5 Å². The van der Waals surface area contributed by atoms with E-state index in [1.165, 1.54) is 25.3 Å². The Bertz CT molecular complexity index is 1110. The van der Waals surface area contributed by atoms with Crippen molar-refractivity contribution in [2.75, 3.05) is 26.8 Å². The predicted octanol–water partition coefficient (Wildman–Crippen LogP) is 4.52. The number of nitrogens with two attached hydrogens (primary N) is 1. The van der Waals surface area contributed by atoms with E-state index in [9.17, 15) is 18.4 Å². The zero-order valence-electron chi connectivity index (χ0n) is 21.3. The third-order valence-corrected chi connectivity index (χ3v) is 6.39. The molecule has 1 aliphatic carbocycles. The van der Waals surface area contributed by atoms with E-state index in [0.29, 0.717) is 24.6 Å². The van der Waals surface area contributed by atoms with Gasteiger partial charge in [-0.1, -0.05) is 0 Å². The molecular formula is C25H33ClF2N4O6. The molecule has 2 aromatic rings. The molecule has 38 heavy (non-hydrogen) atoms. The second kappa shape index (κ2) is 13.1. The number of hydrogen-bond donors (Lipinski definition) is 2. The van der Waals surface area contributed by atoms with Crippen molar-refractivity contribution >= 4 is 24.4 Å². The summed E-state index contributed by atoms with van der Waals surface area (Å²) >= 11 is 0. The van der Waals surface area contributed by atoms with E-state index in [0.717, 1.165) is 32.1 Å². The molecule has 1 aromatic heterocycles. The number of piperidine rings is 1. The second-order valence-electron chi connectivity index (χ2n) is 9.34. The quantitative estimate of drug-likeness (QED) is 0.435. The highest BCUT2D eigenvalue weighted by molar-refractivity contribution is 5.94. The molecule has 10 nitrogen and oxygen atoms in total. The van der Waals surface area contributed by atoms with Gasteiger partial charge in [-0.2, -0.15) is 8.78 Å². The average Bonchev–Trinajstić information content (AvgIpc) is 3.60. The molecule has 1 saturated heterocycles. The molecule has 0 spiro atoms. The summed E-state index contributed by atoms with van der Waals surface area (Å²) in [6.45, 7) is -0.187. The van der Waals surface area contributed by atoms with Crippen molar-refractivity contribution in [1.82, 2.24) is 15.2 Å². The topological polar surface area (TPSA) is 129 Å². The van der Waals surface area contributed by atoms with Crippen LogP contribution >= 0.6 is 12.4 Å². The fourth-order valence-electron chi connectivity index (χ4n) is 4.23. The number of aromatic nitrogens is 1. The Morgan fingerprint density at radius 1 is 1.24 bits per heavy atom. The van der Waals surface area contributed by atoms with E-state index in [2.05, 4.69) is 15.0 Å². The van der Waals surface area contributed by atoms with Crippen LogP contribution < -0.4 is 20.5 Å². The Labute approximate surface area is 225 Å². The highest BCUT2D eigenvalue weighted by atomic mass is 35.5. The van der Waals surface area contributed by atoms with E-state index in [4.69, 9.17) is 19.6 Å². The summed E-state index contributed by atoms with van der Waals surface area (Å²) in [7, 11) is 1.33. The number of rotatable bonds is 10. The van der Waals surface area contributed by atoms with Crippen LogP contribution in [0.1, 0.15) is 61.3 Å². The number of carbonyl (C=O) groups is 2. The molecule has 4 rings (SSSR count). The number of carbonyl (C=O) groups excluding carboxylic acids is 2. The lowest BCUT2D eigenvalue weighted by molar-refractivity contribution is -0.0515. The van der Waals surface area contributed by atoms with Crippen LogP contribution in [0.3, 0.4) is 0 Å². The summed E-state index contributed by atoms with van der Waals surface area (Å²) in [5.41, 5.74) is 6.48. The van der Waals surface area contributed by atoms with Crippen LogP contribution in [0.2, 0.25) is 0 Å².